The third kappa shape index (κ3) is 5.09. The number of phenols is 1. The summed E-state index contributed by atoms with van der Waals surface area (Å²) >= 11 is 1.10. The quantitative estimate of drug-likeness (QED) is 0.227. The minimum atomic E-state index is -0.329. The number of nitrogens with one attached hydrogen (secondary N) is 1. The molecule has 7 nitrogen and oxygen atoms in total. The van der Waals surface area contributed by atoms with E-state index in [2.05, 4.69) is 10.4 Å². The van der Waals surface area contributed by atoms with Gasteiger partial charge in [0.15, 0.2) is 5.75 Å². The SMILES string of the molecule is CC.COSN(C)Nc1c2c(c(O)c3ncccc13)C(=O)N(Cc1ccc(F)cc1)C2.S. The van der Waals surface area contributed by atoms with Crippen molar-refractivity contribution in [3.05, 3.63) is 65.1 Å². The minimum absolute atomic E-state index is 0. The maximum absolute atomic E-state index is 13.2. The Kier molecular flexibility index (Phi) is 9.14. The fraction of sp³-hybridized carbons (Fsp3) is 0.273. The van der Waals surface area contributed by atoms with Gasteiger partial charge in [-0.25, -0.2) is 4.39 Å². The summed E-state index contributed by atoms with van der Waals surface area (Å²) in [5.41, 5.74) is 5.96. The molecule has 0 unspecified atom stereocenters. The summed E-state index contributed by atoms with van der Waals surface area (Å²) in [5, 5.41) is 11.5. The largest absolute Gasteiger partial charge is 0.505 e. The van der Waals surface area contributed by atoms with Crippen LogP contribution in [0.3, 0.4) is 0 Å². The van der Waals surface area contributed by atoms with E-state index in [-0.39, 0.29) is 36.5 Å². The number of hydrazine groups is 1. The molecule has 4 rings (SSSR count). The highest BCUT2D eigenvalue weighted by Crippen LogP contribution is 2.43. The summed E-state index contributed by atoms with van der Waals surface area (Å²) in [7, 11) is 3.33. The summed E-state index contributed by atoms with van der Waals surface area (Å²) in [6.07, 6.45) is 1.57. The van der Waals surface area contributed by atoms with Crippen LogP contribution in [-0.4, -0.2) is 39.5 Å². The molecule has 0 spiro atoms. The second-order valence-electron chi connectivity index (χ2n) is 6.61. The average molecular weight is 479 g/mol. The number of nitrogens with zero attached hydrogens (tertiary/aromatic N) is 3. The van der Waals surface area contributed by atoms with Gasteiger partial charge in [-0.2, -0.15) is 13.5 Å². The highest BCUT2D eigenvalue weighted by molar-refractivity contribution is 7.92. The van der Waals surface area contributed by atoms with Crippen LogP contribution in [0.2, 0.25) is 0 Å². The van der Waals surface area contributed by atoms with Gasteiger partial charge in [0.25, 0.3) is 5.91 Å². The molecule has 0 saturated heterocycles. The van der Waals surface area contributed by atoms with Crippen molar-refractivity contribution in [2.75, 3.05) is 19.6 Å². The van der Waals surface area contributed by atoms with E-state index < -0.39 is 0 Å². The first-order chi connectivity index (χ1) is 15.0. The van der Waals surface area contributed by atoms with E-state index in [0.29, 0.717) is 35.2 Å². The molecule has 2 N–H and O–H groups in total. The first-order valence-electron chi connectivity index (χ1n) is 9.87. The van der Waals surface area contributed by atoms with Crippen molar-refractivity contribution in [1.29, 1.82) is 0 Å². The van der Waals surface area contributed by atoms with Crippen molar-refractivity contribution in [2.45, 2.75) is 26.9 Å². The van der Waals surface area contributed by atoms with Gasteiger partial charge < -0.3 is 19.6 Å². The molecule has 3 aromatic rings. The number of rotatable bonds is 6. The maximum Gasteiger partial charge on any atom is 0.258 e. The fourth-order valence-electron chi connectivity index (χ4n) is 3.51. The van der Waals surface area contributed by atoms with Crippen molar-refractivity contribution in [3.63, 3.8) is 0 Å². The van der Waals surface area contributed by atoms with E-state index in [0.717, 1.165) is 17.8 Å². The number of amides is 1. The molecular weight excluding hydrogens is 451 g/mol. The van der Waals surface area contributed by atoms with E-state index in [4.69, 9.17) is 4.18 Å². The predicted molar refractivity (Wildman–Crippen MR) is 131 cm³/mol. The lowest BCUT2D eigenvalue weighted by Crippen LogP contribution is -2.23. The van der Waals surface area contributed by atoms with E-state index in [1.807, 2.05) is 19.9 Å². The van der Waals surface area contributed by atoms with E-state index in [9.17, 15) is 14.3 Å². The normalized spacial score (nSPS) is 12.3. The number of benzene rings is 2. The molecule has 0 aliphatic carbocycles. The van der Waals surface area contributed by atoms with Crippen LogP contribution >= 0.6 is 25.7 Å². The van der Waals surface area contributed by atoms with Crippen LogP contribution in [0.4, 0.5) is 10.1 Å². The molecule has 10 heteroatoms. The Labute approximate surface area is 198 Å². The second-order valence-corrected chi connectivity index (χ2v) is 7.65. The van der Waals surface area contributed by atoms with Crippen molar-refractivity contribution >= 4 is 48.2 Å². The Morgan fingerprint density at radius 1 is 1.28 bits per heavy atom. The lowest BCUT2D eigenvalue weighted by molar-refractivity contribution is 0.0764. The van der Waals surface area contributed by atoms with Crippen LogP contribution in [0.25, 0.3) is 10.9 Å². The summed E-state index contributed by atoms with van der Waals surface area (Å²) in [5.74, 6) is -0.751. The van der Waals surface area contributed by atoms with Gasteiger partial charge in [-0.15, -0.1) is 4.41 Å². The molecule has 2 heterocycles. The van der Waals surface area contributed by atoms with Crippen molar-refractivity contribution in [2.24, 2.45) is 0 Å². The number of carbonyl (C=O) groups excluding carboxylic acids is 1. The average Bonchev–Trinajstić information content (AvgIpc) is 3.10. The zero-order valence-corrected chi connectivity index (χ0v) is 20.2. The van der Waals surface area contributed by atoms with Crippen molar-refractivity contribution in [3.8, 4) is 5.75 Å². The summed E-state index contributed by atoms with van der Waals surface area (Å²) in [6.45, 7) is 4.61. The van der Waals surface area contributed by atoms with Crippen molar-refractivity contribution < 1.29 is 18.5 Å². The second kappa shape index (κ2) is 11.4. The summed E-state index contributed by atoms with van der Waals surface area (Å²) < 4.78 is 19.9. The summed E-state index contributed by atoms with van der Waals surface area (Å²) in [6, 6.07) is 9.63. The van der Waals surface area contributed by atoms with Gasteiger partial charge in [-0.05, 0) is 29.8 Å². The van der Waals surface area contributed by atoms with Crippen LogP contribution in [0.5, 0.6) is 5.75 Å². The molecule has 0 atom stereocenters. The molecule has 0 saturated carbocycles. The van der Waals surface area contributed by atoms with Gasteiger partial charge in [-0.1, -0.05) is 26.0 Å². The maximum atomic E-state index is 13.2. The zero-order valence-electron chi connectivity index (χ0n) is 18.3. The third-order valence-corrected chi connectivity index (χ3v) is 5.20. The van der Waals surface area contributed by atoms with Crippen LogP contribution in [-0.2, 0) is 17.3 Å². The number of carbonyl (C=O) groups is 1. The monoisotopic (exact) mass is 478 g/mol. The lowest BCUT2D eigenvalue weighted by Gasteiger charge is -2.20. The minimum Gasteiger partial charge on any atom is -0.505 e. The standard InChI is InChI=1S/C20H19FN4O3S.C2H6.H2S/c1-24(29-28-2)23-17-14-4-3-9-22-18(14)19(26)16-15(17)11-25(20(16)27)10-12-5-7-13(21)8-6-12;1-2;/h3-9,23,26H,10-11H2,1-2H3;1-2H3;1H2. The first-order valence-corrected chi connectivity index (χ1v) is 10.6. The van der Waals surface area contributed by atoms with Crippen molar-refractivity contribution in [1.82, 2.24) is 14.3 Å². The molecule has 0 radical (unpaired) electrons. The van der Waals surface area contributed by atoms with E-state index in [1.54, 1.807) is 47.9 Å². The third-order valence-electron chi connectivity index (χ3n) is 4.73. The molecule has 32 heavy (non-hydrogen) atoms. The molecule has 1 amide bonds. The van der Waals surface area contributed by atoms with Crippen LogP contribution in [0.1, 0.15) is 35.3 Å². The van der Waals surface area contributed by atoms with Gasteiger partial charge in [0.2, 0.25) is 0 Å². The molecular formula is C22H27FN4O3S2. The molecule has 2 aromatic carbocycles. The molecule has 1 aliphatic heterocycles. The van der Waals surface area contributed by atoms with Gasteiger partial charge in [0.05, 0.1) is 18.4 Å². The Morgan fingerprint density at radius 2 is 1.97 bits per heavy atom. The molecule has 172 valence electrons. The molecule has 0 bridgehead atoms. The number of aromatic hydroxyl groups is 1. The number of phenolic OH excluding ortho intramolecular Hbond substituents is 1. The Bertz CT molecular complexity index is 1080. The number of hydrogen-bond donors (Lipinski definition) is 2. The Balaban J connectivity index is 0.00000118. The van der Waals surface area contributed by atoms with E-state index >= 15 is 0 Å². The topological polar surface area (TPSA) is 77.9 Å². The van der Waals surface area contributed by atoms with Crippen LogP contribution in [0, 0.1) is 5.82 Å². The Hall–Kier alpha value is -2.53. The Morgan fingerprint density at radius 3 is 2.62 bits per heavy atom. The number of hydrogen-bond acceptors (Lipinski definition) is 7. The lowest BCUT2D eigenvalue weighted by atomic mass is 10.0. The van der Waals surface area contributed by atoms with Gasteiger partial charge in [-0.3, -0.25) is 9.78 Å². The highest BCUT2D eigenvalue weighted by atomic mass is 32.2. The molecule has 0 fully saturated rings. The van der Waals surface area contributed by atoms with Crippen LogP contribution in [0.15, 0.2) is 42.6 Å². The first kappa shape index (κ1) is 25.7. The highest BCUT2D eigenvalue weighted by Gasteiger charge is 2.35. The van der Waals surface area contributed by atoms with Gasteiger partial charge in [0.1, 0.15) is 23.6 Å². The smallest absolute Gasteiger partial charge is 0.258 e. The van der Waals surface area contributed by atoms with Crippen LogP contribution < -0.4 is 5.43 Å². The number of halogens is 1. The number of anilines is 1. The number of aromatic nitrogens is 1. The molecule has 1 aromatic heterocycles. The fourth-order valence-corrected chi connectivity index (χ4v) is 3.86. The molecule has 1 aliphatic rings. The van der Waals surface area contributed by atoms with Gasteiger partial charge in [0, 0.05) is 37.3 Å². The van der Waals surface area contributed by atoms with Gasteiger partial charge >= 0.3 is 0 Å². The predicted octanol–water partition coefficient (Wildman–Crippen LogP) is 4.84. The number of fused-ring (bicyclic) bond motifs is 2. The summed E-state index contributed by atoms with van der Waals surface area (Å²) in [4.78, 5) is 19.0. The number of pyridine rings is 1. The van der Waals surface area contributed by atoms with E-state index in [1.165, 1.54) is 12.1 Å². The zero-order chi connectivity index (χ0) is 22.5.